The molecule has 2 N–H and O–H groups in total. The summed E-state index contributed by atoms with van der Waals surface area (Å²) in [5.74, 6) is 0.116. The first-order valence-electron chi connectivity index (χ1n) is 6.94. The van der Waals surface area contributed by atoms with Crippen LogP contribution in [0.3, 0.4) is 0 Å². The highest BCUT2D eigenvalue weighted by molar-refractivity contribution is 5.81. The fraction of sp³-hybridized carbons (Fsp3) is 0.923. The van der Waals surface area contributed by atoms with Crippen molar-refractivity contribution < 1.29 is 9.53 Å². The number of carbonyl (C=O) groups excluding carboxylic acids is 1. The summed E-state index contributed by atoms with van der Waals surface area (Å²) in [5, 5.41) is 0. The molecule has 1 rings (SSSR count). The maximum atomic E-state index is 12.1. The molecule has 0 unspecified atom stereocenters. The normalized spacial score (nSPS) is 19.6. The van der Waals surface area contributed by atoms with Gasteiger partial charge in [-0.3, -0.25) is 9.69 Å². The van der Waals surface area contributed by atoms with Crippen LogP contribution in [0.15, 0.2) is 0 Å². The standard InChI is InChI=1S/C13H27N3O2/c1-3-5-12(14)13(17)16-7-4-6-15(8-9-16)10-11-18-2/h12H,3-11,14H2,1-2H3/t12-/m0/s1. The molecule has 1 aliphatic rings. The molecule has 0 aromatic heterocycles. The SMILES string of the molecule is CCC[C@H](N)C(=O)N1CCCN(CCOC)CC1. The van der Waals surface area contributed by atoms with Crippen LogP contribution in [0.2, 0.25) is 0 Å². The lowest BCUT2D eigenvalue weighted by Crippen LogP contribution is -2.45. The largest absolute Gasteiger partial charge is 0.383 e. The van der Waals surface area contributed by atoms with Gasteiger partial charge >= 0.3 is 0 Å². The van der Waals surface area contributed by atoms with E-state index in [4.69, 9.17) is 10.5 Å². The number of amides is 1. The van der Waals surface area contributed by atoms with Gasteiger partial charge in [0.2, 0.25) is 5.91 Å². The van der Waals surface area contributed by atoms with Crippen LogP contribution in [0.4, 0.5) is 0 Å². The molecular weight excluding hydrogens is 230 g/mol. The van der Waals surface area contributed by atoms with Gasteiger partial charge in [0.05, 0.1) is 12.6 Å². The third-order valence-corrected chi connectivity index (χ3v) is 3.43. The van der Waals surface area contributed by atoms with Crippen LogP contribution >= 0.6 is 0 Å². The number of hydrogen-bond donors (Lipinski definition) is 1. The van der Waals surface area contributed by atoms with E-state index in [9.17, 15) is 4.79 Å². The second-order valence-electron chi connectivity index (χ2n) is 4.91. The molecule has 1 fully saturated rings. The molecule has 106 valence electrons. The molecule has 0 aromatic rings. The molecule has 5 heteroatoms. The van der Waals surface area contributed by atoms with Crippen LogP contribution in [-0.4, -0.2) is 68.2 Å². The first kappa shape index (κ1) is 15.4. The first-order valence-corrected chi connectivity index (χ1v) is 6.94. The van der Waals surface area contributed by atoms with Crippen LogP contribution in [0.1, 0.15) is 26.2 Å². The van der Waals surface area contributed by atoms with Crippen LogP contribution in [0.25, 0.3) is 0 Å². The summed E-state index contributed by atoms with van der Waals surface area (Å²) < 4.78 is 5.09. The lowest BCUT2D eigenvalue weighted by atomic mass is 10.1. The van der Waals surface area contributed by atoms with Crippen molar-refractivity contribution in [2.24, 2.45) is 5.73 Å². The maximum absolute atomic E-state index is 12.1. The molecule has 1 saturated heterocycles. The van der Waals surface area contributed by atoms with Gasteiger partial charge in [0, 0.05) is 33.3 Å². The van der Waals surface area contributed by atoms with Crippen molar-refractivity contribution in [2.75, 3.05) is 46.4 Å². The van der Waals surface area contributed by atoms with E-state index in [1.54, 1.807) is 7.11 Å². The molecular formula is C13H27N3O2. The van der Waals surface area contributed by atoms with Crippen molar-refractivity contribution in [3.8, 4) is 0 Å². The van der Waals surface area contributed by atoms with Gasteiger partial charge in [-0.25, -0.2) is 0 Å². The van der Waals surface area contributed by atoms with Gasteiger partial charge < -0.3 is 15.4 Å². The fourth-order valence-corrected chi connectivity index (χ4v) is 2.30. The molecule has 0 spiro atoms. The monoisotopic (exact) mass is 257 g/mol. The van der Waals surface area contributed by atoms with Crippen molar-refractivity contribution >= 4 is 5.91 Å². The summed E-state index contributed by atoms with van der Waals surface area (Å²) >= 11 is 0. The van der Waals surface area contributed by atoms with Crippen molar-refractivity contribution in [1.29, 1.82) is 0 Å². The van der Waals surface area contributed by atoms with E-state index < -0.39 is 0 Å². The number of carbonyl (C=O) groups is 1. The van der Waals surface area contributed by atoms with Gasteiger partial charge in [-0.1, -0.05) is 13.3 Å². The highest BCUT2D eigenvalue weighted by Gasteiger charge is 2.22. The fourth-order valence-electron chi connectivity index (χ4n) is 2.30. The molecule has 0 aliphatic carbocycles. The Labute approximate surface area is 110 Å². The Kier molecular flexibility index (Phi) is 7.23. The van der Waals surface area contributed by atoms with Crippen molar-refractivity contribution in [2.45, 2.75) is 32.2 Å². The summed E-state index contributed by atoms with van der Waals surface area (Å²) in [7, 11) is 1.72. The molecule has 0 saturated carbocycles. The van der Waals surface area contributed by atoms with Crippen LogP contribution in [0.5, 0.6) is 0 Å². The number of rotatable bonds is 6. The lowest BCUT2D eigenvalue weighted by molar-refractivity contribution is -0.132. The third-order valence-electron chi connectivity index (χ3n) is 3.43. The number of ether oxygens (including phenoxy) is 1. The molecule has 0 aromatic carbocycles. The third kappa shape index (κ3) is 4.92. The minimum atomic E-state index is -0.319. The highest BCUT2D eigenvalue weighted by atomic mass is 16.5. The van der Waals surface area contributed by atoms with Gasteiger partial charge in [0.15, 0.2) is 0 Å². The Morgan fingerprint density at radius 3 is 2.78 bits per heavy atom. The van der Waals surface area contributed by atoms with Crippen molar-refractivity contribution in [1.82, 2.24) is 9.80 Å². The smallest absolute Gasteiger partial charge is 0.239 e. The number of nitrogens with two attached hydrogens (primary N) is 1. The lowest BCUT2D eigenvalue weighted by Gasteiger charge is -2.24. The summed E-state index contributed by atoms with van der Waals surface area (Å²) in [5.41, 5.74) is 5.90. The second-order valence-corrected chi connectivity index (χ2v) is 4.91. The number of nitrogens with zero attached hydrogens (tertiary/aromatic N) is 2. The van der Waals surface area contributed by atoms with Gasteiger partial charge in [0.25, 0.3) is 0 Å². The average Bonchev–Trinajstić information content (AvgIpc) is 2.61. The molecule has 1 atom stereocenters. The Balaban J connectivity index is 2.38. The number of methoxy groups -OCH3 is 1. The number of hydrogen-bond acceptors (Lipinski definition) is 4. The molecule has 5 nitrogen and oxygen atoms in total. The van der Waals surface area contributed by atoms with E-state index >= 15 is 0 Å². The summed E-state index contributed by atoms with van der Waals surface area (Å²) in [6.07, 6.45) is 2.76. The molecule has 1 amide bonds. The van der Waals surface area contributed by atoms with E-state index in [1.807, 2.05) is 4.90 Å². The maximum Gasteiger partial charge on any atom is 0.239 e. The van der Waals surface area contributed by atoms with E-state index in [2.05, 4.69) is 11.8 Å². The van der Waals surface area contributed by atoms with E-state index in [-0.39, 0.29) is 11.9 Å². The Morgan fingerprint density at radius 1 is 1.33 bits per heavy atom. The summed E-state index contributed by atoms with van der Waals surface area (Å²) in [6, 6.07) is -0.319. The quantitative estimate of drug-likeness (QED) is 0.743. The van der Waals surface area contributed by atoms with Crippen LogP contribution in [-0.2, 0) is 9.53 Å². The Hall–Kier alpha value is -0.650. The molecule has 1 aliphatic heterocycles. The summed E-state index contributed by atoms with van der Waals surface area (Å²) in [4.78, 5) is 16.4. The Morgan fingerprint density at radius 2 is 2.11 bits per heavy atom. The zero-order chi connectivity index (χ0) is 13.4. The minimum Gasteiger partial charge on any atom is -0.383 e. The van der Waals surface area contributed by atoms with Gasteiger partial charge in [-0.15, -0.1) is 0 Å². The van der Waals surface area contributed by atoms with E-state index in [1.165, 1.54) is 0 Å². The first-order chi connectivity index (χ1) is 8.69. The predicted octanol–water partition coefficient (Wildman–Crippen LogP) is 0.295. The summed E-state index contributed by atoms with van der Waals surface area (Å²) in [6.45, 7) is 7.34. The zero-order valence-electron chi connectivity index (χ0n) is 11.7. The highest BCUT2D eigenvalue weighted by Crippen LogP contribution is 2.06. The average molecular weight is 257 g/mol. The van der Waals surface area contributed by atoms with Crippen LogP contribution < -0.4 is 5.73 Å². The zero-order valence-corrected chi connectivity index (χ0v) is 11.7. The molecule has 0 bridgehead atoms. The van der Waals surface area contributed by atoms with Gasteiger partial charge in [0.1, 0.15) is 0 Å². The molecule has 0 radical (unpaired) electrons. The van der Waals surface area contributed by atoms with E-state index in [0.717, 1.165) is 58.6 Å². The predicted molar refractivity (Wildman–Crippen MR) is 72.4 cm³/mol. The molecule has 1 heterocycles. The van der Waals surface area contributed by atoms with E-state index in [0.29, 0.717) is 0 Å². The van der Waals surface area contributed by atoms with Gasteiger partial charge in [-0.2, -0.15) is 0 Å². The Bertz CT molecular complexity index is 248. The molecule has 18 heavy (non-hydrogen) atoms. The second kappa shape index (κ2) is 8.45. The van der Waals surface area contributed by atoms with Crippen molar-refractivity contribution in [3.63, 3.8) is 0 Å². The van der Waals surface area contributed by atoms with Gasteiger partial charge in [-0.05, 0) is 19.4 Å². The van der Waals surface area contributed by atoms with Crippen molar-refractivity contribution in [3.05, 3.63) is 0 Å². The topological polar surface area (TPSA) is 58.8 Å². The van der Waals surface area contributed by atoms with Crippen LogP contribution in [0, 0.1) is 0 Å². The minimum absolute atomic E-state index is 0.116.